The molecule has 5 heteroatoms. The van der Waals surface area contributed by atoms with Crippen LogP contribution in [-0.2, 0) is 4.79 Å². The van der Waals surface area contributed by atoms with Crippen LogP contribution in [0.15, 0.2) is 72.8 Å². The van der Waals surface area contributed by atoms with Gasteiger partial charge in [-0.2, -0.15) is 0 Å². The molecule has 2 aliphatic heterocycles. The highest BCUT2D eigenvalue weighted by atomic mass is 35.5. The van der Waals surface area contributed by atoms with E-state index in [4.69, 9.17) is 11.6 Å². The molecule has 2 heterocycles. The highest BCUT2D eigenvalue weighted by Crippen LogP contribution is 2.61. The van der Waals surface area contributed by atoms with Crippen molar-refractivity contribution in [2.75, 3.05) is 4.90 Å². The first-order chi connectivity index (χ1) is 17.6. The minimum absolute atomic E-state index is 0.00675. The van der Waals surface area contributed by atoms with Gasteiger partial charge in [0, 0.05) is 33.2 Å². The molecule has 1 saturated heterocycles. The number of anilines is 1. The third kappa shape index (κ3) is 3.18. The van der Waals surface area contributed by atoms with Gasteiger partial charge in [0.15, 0.2) is 17.3 Å². The number of nitrogens with zero attached hydrogens (tertiary/aromatic N) is 1. The van der Waals surface area contributed by atoms with Gasteiger partial charge in [-0.15, -0.1) is 0 Å². The van der Waals surface area contributed by atoms with E-state index in [0.717, 1.165) is 22.4 Å². The highest BCUT2D eigenvalue weighted by Gasteiger charge is 2.71. The fourth-order valence-electron chi connectivity index (χ4n) is 6.54. The molecule has 3 aromatic carbocycles. The first-order valence-corrected chi connectivity index (χ1v) is 13.0. The molecule has 0 unspecified atom stereocenters. The predicted molar refractivity (Wildman–Crippen MR) is 146 cm³/mol. The lowest BCUT2D eigenvalue weighted by molar-refractivity contribution is -0.127. The third-order valence-electron chi connectivity index (χ3n) is 8.21. The first-order valence-electron chi connectivity index (χ1n) is 12.6. The van der Waals surface area contributed by atoms with Gasteiger partial charge in [0.05, 0.1) is 12.1 Å². The summed E-state index contributed by atoms with van der Waals surface area (Å²) in [6, 6.07) is 19.2. The lowest BCUT2D eigenvalue weighted by Gasteiger charge is -2.38. The molecule has 4 nitrogen and oxygen atoms in total. The molecule has 3 aromatic rings. The van der Waals surface area contributed by atoms with E-state index in [0.29, 0.717) is 16.1 Å². The normalized spacial score (nSPS) is 23.3. The first kappa shape index (κ1) is 23.9. The summed E-state index contributed by atoms with van der Waals surface area (Å²) in [4.78, 5) is 45.4. The van der Waals surface area contributed by atoms with Crippen molar-refractivity contribution in [1.29, 1.82) is 0 Å². The fourth-order valence-corrected chi connectivity index (χ4v) is 6.72. The molecule has 3 aliphatic rings. The van der Waals surface area contributed by atoms with Crippen molar-refractivity contribution < 1.29 is 14.4 Å². The van der Waals surface area contributed by atoms with E-state index >= 15 is 0 Å². The number of carbonyl (C=O) groups excluding carboxylic acids is 3. The molecule has 1 aliphatic carbocycles. The number of Topliss-reactive ketones (excluding diaryl/α,β-unsaturated/α-hetero) is 3. The Hall–Kier alpha value is -3.50. The molecule has 3 atom stereocenters. The Morgan fingerprint density at radius 1 is 0.919 bits per heavy atom. The SMILES string of the molecule is Cc1ccc([C@H]2[C@H](C(=O)C(C)(C)C)N3c4ccc(Cl)cc4C=C[C@H]3C23C(=O)c2ccccc2C3=O)cc1. The lowest BCUT2D eigenvalue weighted by atomic mass is 9.63. The van der Waals surface area contributed by atoms with E-state index in [1.54, 1.807) is 30.3 Å². The van der Waals surface area contributed by atoms with Gasteiger partial charge in [0.2, 0.25) is 0 Å². The second kappa shape index (κ2) is 8.00. The zero-order chi connectivity index (χ0) is 26.3. The molecule has 0 N–H and O–H groups in total. The molecule has 0 saturated carbocycles. The van der Waals surface area contributed by atoms with Crippen LogP contribution in [0.25, 0.3) is 6.08 Å². The number of ketones is 3. The van der Waals surface area contributed by atoms with Crippen LogP contribution in [0.5, 0.6) is 0 Å². The summed E-state index contributed by atoms with van der Waals surface area (Å²) in [5.41, 5.74) is 2.27. The van der Waals surface area contributed by atoms with E-state index in [9.17, 15) is 14.4 Å². The number of aryl methyl sites for hydroxylation is 1. The minimum atomic E-state index is -1.46. The standard InChI is InChI=1S/C32H28ClNO3/c1-18-9-11-19(12-10-18)26-27(30(37)31(2,3)4)34-24-15-14-21(33)17-20(24)13-16-25(34)32(26)28(35)22-7-5-6-8-23(22)29(32)36/h5-17,25-27H,1-4H3/t25-,26-,27+/m0/s1. The van der Waals surface area contributed by atoms with Crippen molar-refractivity contribution in [1.82, 2.24) is 0 Å². The maximum atomic E-state index is 14.5. The molecule has 1 spiro atoms. The number of carbonyl (C=O) groups is 3. The Morgan fingerprint density at radius 2 is 1.54 bits per heavy atom. The number of fused-ring (bicyclic) bond motifs is 5. The quantitative estimate of drug-likeness (QED) is 0.361. The summed E-state index contributed by atoms with van der Waals surface area (Å²) in [6.07, 6.45) is 3.86. The maximum absolute atomic E-state index is 14.5. The van der Waals surface area contributed by atoms with Gasteiger partial charge in [-0.1, -0.05) is 98.6 Å². The van der Waals surface area contributed by atoms with E-state index in [1.165, 1.54) is 0 Å². The summed E-state index contributed by atoms with van der Waals surface area (Å²) in [7, 11) is 0. The molecule has 0 radical (unpaired) electrons. The van der Waals surface area contributed by atoms with Crippen molar-refractivity contribution in [3.63, 3.8) is 0 Å². The molecular weight excluding hydrogens is 482 g/mol. The molecular formula is C32H28ClNO3. The molecule has 0 amide bonds. The van der Waals surface area contributed by atoms with E-state index in [2.05, 4.69) is 0 Å². The Kier molecular flexibility index (Phi) is 5.16. The van der Waals surface area contributed by atoms with E-state index in [-0.39, 0.29) is 17.3 Å². The number of benzene rings is 3. The number of halogens is 1. The summed E-state index contributed by atoms with van der Waals surface area (Å²) >= 11 is 6.33. The number of hydrogen-bond acceptors (Lipinski definition) is 4. The van der Waals surface area contributed by atoms with Crippen LogP contribution in [0.2, 0.25) is 5.02 Å². The molecule has 1 fully saturated rings. The van der Waals surface area contributed by atoms with Crippen molar-refractivity contribution >= 4 is 40.7 Å². The summed E-state index contributed by atoms with van der Waals surface area (Å²) in [5.74, 6) is -1.09. The molecule has 6 rings (SSSR count). The zero-order valence-electron chi connectivity index (χ0n) is 21.3. The molecule has 0 bridgehead atoms. The Morgan fingerprint density at radius 3 is 2.14 bits per heavy atom. The topological polar surface area (TPSA) is 54.5 Å². The van der Waals surface area contributed by atoms with Crippen molar-refractivity contribution in [2.24, 2.45) is 10.8 Å². The zero-order valence-corrected chi connectivity index (χ0v) is 22.0. The number of hydrogen-bond donors (Lipinski definition) is 0. The smallest absolute Gasteiger partial charge is 0.180 e. The second-order valence-electron chi connectivity index (χ2n) is 11.4. The van der Waals surface area contributed by atoms with Gasteiger partial charge < -0.3 is 4.90 Å². The van der Waals surface area contributed by atoms with Crippen LogP contribution in [0, 0.1) is 17.8 Å². The van der Waals surface area contributed by atoms with Gasteiger partial charge in [-0.3, -0.25) is 14.4 Å². The van der Waals surface area contributed by atoms with Crippen LogP contribution in [0.1, 0.15) is 64.1 Å². The van der Waals surface area contributed by atoms with Crippen LogP contribution < -0.4 is 4.90 Å². The largest absolute Gasteiger partial charge is 0.352 e. The Labute approximate surface area is 221 Å². The van der Waals surface area contributed by atoms with Gasteiger partial charge in [-0.05, 0) is 36.2 Å². The van der Waals surface area contributed by atoms with Crippen LogP contribution in [-0.4, -0.2) is 29.4 Å². The minimum Gasteiger partial charge on any atom is -0.352 e. The third-order valence-corrected chi connectivity index (χ3v) is 8.45. The fraction of sp³-hybridized carbons (Fsp3) is 0.281. The molecule has 186 valence electrons. The van der Waals surface area contributed by atoms with Gasteiger partial charge in [-0.25, -0.2) is 0 Å². The lowest BCUT2D eigenvalue weighted by Crippen LogP contribution is -2.49. The van der Waals surface area contributed by atoms with Crippen LogP contribution in [0.4, 0.5) is 5.69 Å². The average Bonchev–Trinajstić information content (AvgIpc) is 3.29. The Balaban J connectivity index is 1.70. The van der Waals surface area contributed by atoms with Crippen molar-refractivity contribution in [3.8, 4) is 0 Å². The van der Waals surface area contributed by atoms with Gasteiger partial charge >= 0.3 is 0 Å². The van der Waals surface area contributed by atoms with Gasteiger partial charge in [0.25, 0.3) is 0 Å². The van der Waals surface area contributed by atoms with E-state index < -0.39 is 28.8 Å². The highest BCUT2D eigenvalue weighted by molar-refractivity contribution is 6.32. The monoisotopic (exact) mass is 509 g/mol. The second-order valence-corrected chi connectivity index (χ2v) is 11.9. The van der Waals surface area contributed by atoms with Gasteiger partial charge in [0.1, 0.15) is 5.41 Å². The maximum Gasteiger partial charge on any atom is 0.180 e. The number of rotatable bonds is 2. The molecule has 37 heavy (non-hydrogen) atoms. The van der Waals surface area contributed by atoms with E-state index in [1.807, 2.05) is 81.1 Å². The summed E-state index contributed by atoms with van der Waals surface area (Å²) in [5, 5.41) is 0.588. The van der Waals surface area contributed by atoms with Crippen LogP contribution >= 0.6 is 11.6 Å². The Bertz CT molecular complexity index is 1480. The molecule has 0 aromatic heterocycles. The predicted octanol–water partition coefficient (Wildman–Crippen LogP) is 6.70. The van der Waals surface area contributed by atoms with Crippen LogP contribution in [0.3, 0.4) is 0 Å². The van der Waals surface area contributed by atoms with Crippen molar-refractivity contribution in [2.45, 2.75) is 45.7 Å². The van der Waals surface area contributed by atoms with Crippen molar-refractivity contribution in [3.05, 3.63) is 106 Å². The summed E-state index contributed by atoms with van der Waals surface area (Å²) < 4.78 is 0. The summed E-state index contributed by atoms with van der Waals surface area (Å²) in [6.45, 7) is 7.70. The average molecular weight is 510 g/mol.